The summed E-state index contributed by atoms with van der Waals surface area (Å²) in [5.74, 6) is 2.21. The zero-order valence-electron chi connectivity index (χ0n) is 11.6. The van der Waals surface area contributed by atoms with Crippen molar-refractivity contribution in [2.45, 2.75) is 20.8 Å². The van der Waals surface area contributed by atoms with Gasteiger partial charge in [0.1, 0.15) is 18.0 Å². The highest BCUT2D eigenvalue weighted by molar-refractivity contribution is 5.86. The molecule has 3 aromatic heterocycles. The van der Waals surface area contributed by atoms with E-state index in [1.807, 2.05) is 26.8 Å². The molecule has 0 saturated heterocycles. The largest absolute Gasteiger partial charge is 0.370 e. The Kier molecular flexibility index (Phi) is 3.02. The van der Waals surface area contributed by atoms with E-state index in [0.717, 1.165) is 29.1 Å². The highest BCUT2D eigenvalue weighted by Crippen LogP contribution is 2.20. The first kappa shape index (κ1) is 12.5. The van der Waals surface area contributed by atoms with E-state index < -0.39 is 0 Å². The van der Waals surface area contributed by atoms with Crippen molar-refractivity contribution >= 4 is 16.9 Å². The highest BCUT2D eigenvalue weighted by atomic mass is 15.3. The molecule has 0 bridgehead atoms. The van der Waals surface area contributed by atoms with Gasteiger partial charge in [-0.15, -0.1) is 0 Å². The van der Waals surface area contributed by atoms with Crippen LogP contribution in [0.1, 0.15) is 18.4 Å². The standard InChI is InChI=1S/C13H15N7/c1-4-14-12-10-6-17-20(13(10)16-7-15-12)11-5-8(2)18-9(3)19-11/h5-7H,4H2,1-3H3,(H,14,15,16). The monoisotopic (exact) mass is 269 g/mol. The van der Waals surface area contributed by atoms with Crippen LogP contribution in [0, 0.1) is 13.8 Å². The van der Waals surface area contributed by atoms with Crippen molar-refractivity contribution in [1.29, 1.82) is 0 Å². The van der Waals surface area contributed by atoms with Gasteiger partial charge in [0.15, 0.2) is 11.5 Å². The third-order valence-corrected chi connectivity index (χ3v) is 2.88. The molecular formula is C13H15N7. The Morgan fingerprint density at radius 1 is 1.20 bits per heavy atom. The van der Waals surface area contributed by atoms with E-state index in [0.29, 0.717) is 11.6 Å². The molecule has 1 N–H and O–H groups in total. The van der Waals surface area contributed by atoms with Crippen LogP contribution in [-0.4, -0.2) is 36.3 Å². The fraction of sp³-hybridized carbons (Fsp3) is 0.308. The Morgan fingerprint density at radius 3 is 2.80 bits per heavy atom. The summed E-state index contributed by atoms with van der Waals surface area (Å²) >= 11 is 0. The lowest BCUT2D eigenvalue weighted by Gasteiger charge is -2.05. The molecule has 0 aliphatic rings. The maximum absolute atomic E-state index is 4.41. The highest BCUT2D eigenvalue weighted by Gasteiger charge is 2.12. The number of rotatable bonds is 3. The van der Waals surface area contributed by atoms with E-state index >= 15 is 0 Å². The van der Waals surface area contributed by atoms with Gasteiger partial charge >= 0.3 is 0 Å². The van der Waals surface area contributed by atoms with E-state index in [-0.39, 0.29) is 0 Å². The zero-order chi connectivity index (χ0) is 14.1. The summed E-state index contributed by atoms with van der Waals surface area (Å²) in [4.78, 5) is 17.2. The molecule has 0 aliphatic heterocycles. The van der Waals surface area contributed by atoms with Gasteiger partial charge in [0.05, 0.1) is 11.6 Å². The minimum Gasteiger partial charge on any atom is -0.370 e. The molecule has 0 saturated carbocycles. The topological polar surface area (TPSA) is 81.4 Å². The SMILES string of the molecule is CCNc1ncnc2c1cnn2-c1cc(C)nc(C)n1. The van der Waals surface area contributed by atoms with Crippen LogP contribution in [0.5, 0.6) is 0 Å². The molecule has 0 fully saturated rings. The van der Waals surface area contributed by atoms with Crippen molar-refractivity contribution in [3.05, 3.63) is 30.1 Å². The number of aryl methyl sites for hydroxylation is 2. The third kappa shape index (κ3) is 2.07. The van der Waals surface area contributed by atoms with Gasteiger partial charge in [-0.1, -0.05) is 0 Å². The summed E-state index contributed by atoms with van der Waals surface area (Å²) in [6.07, 6.45) is 3.28. The van der Waals surface area contributed by atoms with Gasteiger partial charge in [-0.05, 0) is 20.8 Å². The molecule has 3 aromatic rings. The molecule has 20 heavy (non-hydrogen) atoms. The minimum absolute atomic E-state index is 0.713. The van der Waals surface area contributed by atoms with Gasteiger partial charge in [0.2, 0.25) is 0 Å². The summed E-state index contributed by atoms with van der Waals surface area (Å²) in [5.41, 5.74) is 1.63. The van der Waals surface area contributed by atoms with Crippen LogP contribution in [0.3, 0.4) is 0 Å². The second kappa shape index (κ2) is 4.84. The molecule has 0 aliphatic carbocycles. The van der Waals surface area contributed by atoms with Gasteiger partial charge in [-0.3, -0.25) is 0 Å². The molecule has 3 rings (SSSR count). The summed E-state index contributed by atoms with van der Waals surface area (Å²) in [7, 11) is 0. The average molecular weight is 269 g/mol. The molecule has 7 heteroatoms. The molecule has 0 unspecified atom stereocenters. The number of anilines is 1. The van der Waals surface area contributed by atoms with Gasteiger partial charge in [0.25, 0.3) is 0 Å². The van der Waals surface area contributed by atoms with Crippen molar-refractivity contribution in [3.63, 3.8) is 0 Å². The first-order valence-electron chi connectivity index (χ1n) is 6.44. The van der Waals surface area contributed by atoms with Crippen LogP contribution in [0.25, 0.3) is 16.9 Å². The number of hydrogen-bond acceptors (Lipinski definition) is 6. The fourth-order valence-electron chi connectivity index (χ4n) is 2.13. The summed E-state index contributed by atoms with van der Waals surface area (Å²) in [6, 6.07) is 1.88. The predicted octanol–water partition coefficient (Wildman–Crippen LogP) is 1.65. The number of nitrogens with one attached hydrogen (secondary N) is 1. The van der Waals surface area contributed by atoms with Crippen molar-refractivity contribution < 1.29 is 0 Å². The zero-order valence-corrected chi connectivity index (χ0v) is 11.6. The molecular weight excluding hydrogens is 254 g/mol. The maximum Gasteiger partial charge on any atom is 0.170 e. The normalized spacial score (nSPS) is 10.9. The van der Waals surface area contributed by atoms with E-state index in [1.54, 1.807) is 10.9 Å². The lowest BCUT2D eigenvalue weighted by atomic mass is 10.4. The molecule has 3 heterocycles. The van der Waals surface area contributed by atoms with Gasteiger partial charge in [-0.2, -0.15) is 9.78 Å². The van der Waals surface area contributed by atoms with Crippen molar-refractivity contribution in [3.8, 4) is 5.82 Å². The average Bonchev–Trinajstić information content (AvgIpc) is 2.83. The van der Waals surface area contributed by atoms with Gasteiger partial charge in [-0.25, -0.2) is 19.9 Å². The second-order valence-electron chi connectivity index (χ2n) is 4.46. The third-order valence-electron chi connectivity index (χ3n) is 2.88. The van der Waals surface area contributed by atoms with Crippen molar-refractivity contribution in [1.82, 2.24) is 29.7 Å². The Balaban J connectivity index is 2.19. The molecule has 0 spiro atoms. The number of nitrogens with zero attached hydrogens (tertiary/aromatic N) is 6. The number of fused-ring (bicyclic) bond motifs is 1. The Hall–Kier alpha value is -2.57. The van der Waals surface area contributed by atoms with Crippen molar-refractivity contribution in [2.75, 3.05) is 11.9 Å². The van der Waals surface area contributed by atoms with Crippen molar-refractivity contribution in [2.24, 2.45) is 0 Å². The predicted molar refractivity (Wildman–Crippen MR) is 75.9 cm³/mol. The fourth-order valence-corrected chi connectivity index (χ4v) is 2.13. The molecule has 102 valence electrons. The van der Waals surface area contributed by atoms with Crippen LogP contribution < -0.4 is 5.32 Å². The van der Waals surface area contributed by atoms with E-state index in [4.69, 9.17) is 0 Å². The van der Waals surface area contributed by atoms with E-state index in [9.17, 15) is 0 Å². The molecule has 0 atom stereocenters. The molecule has 7 nitrogen and oxygen atoms in total. The summed E-state index contributed by atoms with van der Waals surface area (Å²) < 4.78 is 1.71. The van der Waals surface area contributed by atoms with Gasteiger partial charge < -0.3 is 5.32 Å². The first-order chi connectivity index (χ1) is 9.69. The summed E-state index contributed by atoms with van der Waals surface area (Å²) in [6.45, 7) is 6.61. The van der Waals surface area contributed by atoms with E-state index in [1.165, 1.54) is 6.33 Å². The molecule has 0 radical (unpaired) electrons. The molecule has 0 aromatic carbocycles. The quantitative estimate of drug-likeness (QED) is 0.778. The molecule has 0 amide bonds. The smallest absolute Gasteiger partial charge is 0.170 e. The van der Waals surface area contributed by atoms with E-state index in [2.05, 4.69) is 30.4 Å². The Bertz CT molecular complexity index is 742. The summed E-state index contributed by atoms with van der Waals surface area (Å²) in [5, 5.41) is 8.45. The first-order valence-corrected chi connectivity index (χ1v) is 6.44. The Morgan fingerprint density at radius 2 is 2.05 bits per heavy atom. The van der Waals surface area contributed by atoms with Crippen LogP contribution >= 0.6 is 0 Å². The van der Waals surface area contributed by atoms with Crippen LogP contribution in [0.4, 0.5) is 5.82 Å². The van der Waals surface area contributed by atoms with Crippen LogP contribution in [0.15, 0.2) is 18.6 Å². The maximum atomic E-state index is 4.41. The minimum atomic E-state index is 0.713. The second-order valence-corrected chi connectivity index (χ2v) is 4.46. The Labute approximate surface area is 116 Å². The number of aromatic nitrogens is 6. The number of hydrogen-bond donors (Lipinski definition) is 1. The van der Waals surface area contributed by atoms with Crippen LogP contribution in [0.2, 0.25) is 0 Å². The van der Waals surface area contributed by atoms with Gasteiger partial charge in [0, 0.05) is 18.3 Å². The van der Waals surface area contributed by atoms with Crippen LogP contribution in [-0.2, 0) is 0 Å². The lowest BCUT2D eigenvalue weighted by Crippen LogP contribution is -2.05. The lowest BCUT2D eigenvalue weighted by molar-refractivity contribution is 0.835.